The quantitative estimate of drug-likeness (QED) is 0.563. The number of aryl methyl sites for hydroxylation is 1. The van der Waals surface area contributed by atoms with Gasteiger partial charge in [0.25, 0.3) is 5.56 Å². The fraction of sp³-hybridized carbons (Fsp3) is 0.455. The van der Waals surface area contributed by atoms with Crippen molar-refractivity contribution >= 4 is 16.7 Å². The first-order valence-electron chi connectivity index (χ1n) is 10.4. The highest BCUT2D eigenvalue weighted by atomic mass is 32.2. The Hall–Kier alpha value is -2.75. The maximum atomic E-state index is 13.4. The zero-order valence-corrected chi connectivity index (χ0v) is 19.6. The van der Waals surface area contributed by atoms with Gasteiger partial charge in [-0.1, -0.05) is 12.1 Å². The summed E-state index contributed by atoms with van der Waals surface area (Å²) >= 11 is 0. The summed E-state index contributed by atoms with van der Waals surface area (Å²) in [6.07, 6.45) is 3.14. The Bertz CT molecular complexity index is 1240. The molecule has 1 fully saturated rings. The van der Waals surface area contributed by atoms with E-state index in [2.05, 4.69) is 5.10 Å². The van der Waals surface area contributed by atoms with E-state index >= 15 is 0 Å². The maximum absolute atomic E-state index is 13.4. The van der Waals surface area contributed by atoms with E-state index in [1.807, 2.05) is 37.5 Å². The third-order valence-electron chi connectivity index (χ3n) is 6.34. The average molecular weight is 464 g/mol. The lowest BCUT2D eigenvalue weighted by Crippen LogP contribution is -2.45. The molecule has 0 amide bonds. The van der Waals surface area contributed by atoms with Gasteiger partial charge in [-0.05, 0) is 37.5 Å². The fourth-order valence-corrected chi connectivity index (χ4v) is 5.69. The van der Waals surface area contributed by atoms with Crippen LogP contribution in [0.15, 0.2) is 41.5 Å². The van der Waals surface area contributed by atoms with Crippen LogP contribution in [0.4, 0.5) is 14.5 Å². The largest absolute Gasteiger partial charge is 0.296 e. The van der Waals surface area contributed by atoms with E-state index in [-0.39, 0.29) is 24.3 Å². The Morgan fingerprint density at radius 2 is 1.94 bits per heavy atom. The van der Waals surface area contributed by atoms with Crippen molar-refractivity contribution in [2.24, 2.45) is 20.0 Å². The van der Waals surface area contributed by atoms with Crippen molar-refractivity contribution in [1.29, 1.82) is 0 Å². The molecular formula is C22H27F2N5O2S. The molecule has 32 heavy (non-hydrogen) atoms. The summed E-state index contributed by atoms with van der Waals surface area (Å²) in [6, 6.07) is 7.55. The molecule has 4 rings (SSSR count). The number of alkyl halides is 2. The van der Waals surface area contributed by atoms with Gasteiger partial charge in [-0.3, -0.25) is 18.5 Å². The van der Waals surface area contributed by atoms with Crippen molar-refractivity contribution in [2.45, 2.75) is 37.9 Å². The number of benzene rings is 1. The summed E-state index contributed by atoms with van der Waals surface area (Å²) in [5, 5.41) is 3.73. The lowest BCUT2D eigenvalue weighted by molar-refractivity contribution is -0.109. The predicted octanol–water partition coefficient (Wildman–Crippen LogP) is 3.42. The molecule has 1 aliphatic rings. The number of aromatic nitrogens is 4. The molecule has 172 valence electrons. The van der Waals surface area contributed by atoms with Crippen LogP contribution in [0.2, 0.25) is 0 Å². The summed E-state index contributed by atoms with van der Waals surface area (Å²) in [5.41, 5.74) is 3.14. The standard InChI is InChI=1S/C22H27F2N5O2S/c1-14-20(28(5)32(31)15(2)17-10-22(23,24)11-17)21(30)29(27(14)4)19-8-6-7-16(9-19)18-12-25-26(3)13-18/h6-9,12-13,15,17H,10-11H2,1-5H3. The van der Waals surface area contributed by atoms with Gasteiger partial charge >= 0.3 is 0 Å². The summed E-state index contributed by atoms with van der Waals surface area (Å²) in [4.78, 5) is 13.4. The van der Waals surface area contributed by atoms with Crippen molar-refractivity contribution < 1.29 is 13.0 Å². The summed E-state index contributed by atoms with van der Waals surface area (Å²) in [5.74, 6) is -2.99. The van der Waals surface area contributed by atoms with Crippen LogP contribution in [0.1, 0.15) is 25.5 Å². The Morgan fingerprint density at radius 1 is 1.25 bits per heavy atom. The van der Waals surface area contributed by atoms with Crippen molar-refractivity contribution in [1.82, 2.24) is 19.1 Å². The molecule has 2 unspecified atom stereocenters. The lowest BCUT2D eigenvalue weighted by atomic mass is 9.79. The van der Waals surface area contributed by atoms with Gasteiger partial charge in [-0.25, -0.2) is 17.7 Å². The van der Waals surface area contributed by atoms with Crippen molar-refractivity contribution in [3.05, 3.63) is 52.7 Å². The van der Waals surface area contributed by atoms with Gasteiger partial charge in [-0.15, -0.1) is 0 Å². The predicted molar refractivity (Wildman–Crippen MR) is 122 cm³/mol. The van der Waals surface area contributed by atoms with Gasteiger partial charge in [0.05, 0.1) is 22.8 Å². The van der Waals surface area contributed by atoms with Gasteiger partial charge in [0.2, 0.25) is 5.92 Å². The van der Waals surface area contributed by atoms with Crippen LogP contribution in [-0.4, -0.2) is 41.6 Å². The molecule has 0 radical (unpaired) electrons. The van der Waals surface area contributed by atoms with E-state index in [1.54, 1.807) is 43.5 Å². The van der Waals surface area contributed by atoms with Crippen molar-refractivity contribution in [2.75, 3.05) is 11.4 Å². The molecule has 2 heterocycles. The van der Waals surface area contributed by atoms with E-state index in [0.29, 0.717) is 17.1 Å². The molecule has 0 spiro atoms. The Morgan fingerprint density at radius 3 is 2.53 bits per heavy atom. The molecule has 2 aromatic heterocycles. The third-order valence-corrected chi connectivity index (χ3v) is 8.08. The van der Waals surface area contributed by atoms with Crippen LogP contribution in [-0.2, 0) is 25.1 Å². The van der Waals surface area contributed by atoms with Crippen LogP contribution in [0.5, 0.6) is 0 Å². The van der Waals surface area contributed by atoms with Crippen molar-refractivity contribution in [3.63, 3.8) is 0 Å². The van der Waals surface area contributed by atoms with E-state index in [0.717, 1.165) is 11.1 Å². The molecule has 10 heteroatoms. The first-order valence-corrected chi connectivity index (χ1v) is 11.6. The van der Waals surface area contributed by atoms with Crippen LogP contribution in [0.3, 0.4) is 0 Å². The SMILES string of the molecule is Cc1c(N(C)S(=O)C(C)C2CC(F)(F)C2)c(=O)n(-c2cccc(-c3cnn(C)c3)c2)n1C. The minimum atomic E-state index is -2.67. The van der Waals surface area contributed by atoms with Crippen LogP contribution in [0, 0.1) is 12.8 Å². The van der Waals surface area contributed by atoms with E-state index in [9.17, 15) is 17.8 Å². The number of hydrogen-bond donors (Lipinski definition) is 0. The van der Waals surface area contributed by atoms with Crippen molar-refractivity contribution in [3.8, 4) is 16.8 Å². The monoisotopic (exact) mass is 463 g/mol. The van der Waals surface area contributed by atoms with Gasteiger partial charge in [0.15, 0.2) is 0 Å². The Balaban J connectivity index is 1.68. The second-order valence-electron chi connectivity index (χ2n) is 8.53. The Kier molecular flexibility index (Phi) is 5.60. The van der Waals surface area contributed by atoms with Gasteiger partial charge < -0.3 is 0 Å². The molecule has 1 aliphatic carbocycles. The fourth-order valence-electron chi connectivity index (χ4n) is 4.28. The van der Waals surface area contributed by atoms with E-state index < -0.39 is 22.2 Å². The third kappa shape index (κ3) is 3.80. The molecular weight excluding hydrogens is 436 g/mol. The summed E-state index contributed by atoms with van der Waals surface area (Å²) < 4.78 is 46.1. The minimum absolute atomic E-state index is 0.257. The second-order valence-corrected chi connectivity index (χ2v) is 10.4. The molecule has 0 bridgehead atoms. The van der Waals surface area contributed by atoms with Crippen LogP contribution < -0.4 is 9.86 Å². The molecule has 0 N–H and O–H groups in total. The molecule has 1 aromatic carbocycles. The molecule has 3 aromatic rings. The molecule has 2 atom stereocenters. The number of halogens is 2. The zero-order chi connectivity index (χ0) is 23.4. The average Bonchev–Trinajstić information content (AvgIpc) is 3.26. The maximum Gasteiger partial charge on any atom is 0.296 e. The topological polar surface area (TPSA) is 65.1 Å². The smallest absolute Gasteiger partial charge is 0.288 e. The number of anilines is 1. The molecule has 0 saturated heterocycles. The van der Waals surface area contributed by atoms with E-state index in [4.69, 9.17) is 0 Å². The highest BCUT2D eigenvalue weighted by molar-refractivity contribution is 7.87. The highest BCUT2D eigenvalue weighted by Gasteiger charge is 2.49. The Labute approximate surface area is 187 Å². The van der Waals surface area contributed by atoms with E-state index in [1.165, 1.54) is 8.99 Å². The normalized spacial score (nSPS) is 17.7. The first-order chi connectivity index (χ1) is 15.0. The number of nitrogens with zero attached hydrogens (tertiary/aromatic N) is 5. The van der Waals surface area contributed by atoms with Gasteiger partial charge in [0, 0.05) is 45.7 Å². The molecule has 7 nitrogen and oxygen atoms in total. The zero-order valence-electron chi connectivity index (χ0n) is 18.7. The second kappa shape index (κ2) is 7.99. The number of rotatable bonds is 6. The van der Waals surface area contributed by atoms with Gasteiger partial charge in [-0.2, -0.15) is 5.10 Å². The highest BCUT2D eigenvalue weighted by Crippen LogP contribution is 2.45. The number of hydrogen-bond acceptors (Lipinski definition) is 3. The van der Waals surface area contributed by atoms with Gasteiger partial charge in [0.1, 0.15) is 16.7 Å². The minimum Gasteiger partial charge on any atom is -0.288 e. The summed E-state index contributed by atoms with van der Waals surface area (Å²) in [6.45, 7) is 3.49. The summed E-state index contributed by atoms with van der Waals surface area (Å²) in [7, 11) is 3.58. The first kappa shape index (κ1) is 22.4. The lowest BCUT2D eigenvalue weighted by Gasteiger charge is -2.39. The van der Waals surface area contributed by atoms with Crippen LogP contribution >= 0.6 is 0 Å². The molecule has 1 saturated carbocycles. The van der Waals surface area contributed by atoms with Crippen LogP contribution in [0.25, 0.3) is 16.8 Å². The molecule has 0 aliphatic heterocycles.